The normalized spacial score (nSPS) is 19.0. The van der Waals surface area contributed by atoms with E-state index in [0.717, 1.165) is 12.8 Å². The number of alkyl halides is 1. The van der Waals surface area contributed by atoms with Crippen molar-refractivity contribution in [1.29, 1.82) is 0 Å². The number of hydrogen-bond acceptors (Lipinski definition) is 5. The van der Waals surface area contributed by atoms with Gasteiger partial charge in [-0.1, -0.05) is 5.16 Å². The maximum atomic E-state index is 12.1. The quantitative estimate of drug-likeness (QED) is 0.800. The molecule has 1 fully saturated rings. The molecule has 1 aromatic heterocycles. The van der Waals surface area contributed by atoms with Crippen molar-refractivity contribution in [2.45, 2.75) is 38.2 Å². The van der Waals surface area contributed by atoms with Gasteiger partial charge in [0.25, 0.3) is 0 Å². The summed E-state index contributed by atoms with van der Waals surface area (Å²) in [5.74, 6) is 0.281. The van der Waals surface area contributed by atoms with Crippen molar-refractivity contribution in [3.63, 3.8) is 0 Å². The number of aromatic nitrogens is 1. The van der Waals surface area contributed by atoms with Crippen molar-refractivity contribution in [2.24, 2.45) is 0 Å². The van der Waals surface area contributed by atoms with E-state index in [2.05, 4.69) is 10.5 Å². The van der Waals surface area contributed by atoms with Gasteiger partial charge in [0.15, 0.2) is 5.82 Å². The van der Waals surface area contributed by atoms with Gasteiger partial charge in [0.1, 0.15) is 17.7 Å². The lowest BCUT2D eigenvalue weighted by atomic mass is 10.2. The summed E-state index contributed by atoms with van der Waals surface area (Å²) < 4.78 is 10.4. The third-order valence-corrected chi connectivity index (χ3v) is 3.52. The Bertz CT molecular complexity index is 526. The number of rotatable bonds is 6. The number of nitrogens with one attached hydrogen (secondary N) is 1. The third kappa shape index (κ3) is 4.71. The van der Waals surface area contributed by atoms with Crippen LogP contribution >= 0.6 is 11.6 Å². The second kappa shape index (κ2) is 7.60. The summed E-state index contributed by atoms with van der Waals surface area (Å²) in [5, 5.41) is 5.58. The number of anilines is 1. The molecule has 1 N–H and O–H groups in total. The zero-order valence-corrected chi connectivity index (χ0v) is 13.4. The molecule has 0 radical (unpaired) electrons. The van der Waals surface area contributed by atoms with Crippen molar-refractivity contribution >= 4 is 29.2 Å². The minimum absolute atomic E-state index is 0.0403. The molecule has 0 aromatic carbocycles. The molecule has 2 atom stereocenters. The van der Waals surface area contributed by atoms with Crippen LogP contribution in [0, 0.1) is 6.92 Å². The molecular formula is C14H20ClN3O4. The molecule has 2 rings (SSSR count). The number of carbonyl (C=O) groups excluding carboxylic acids is 2. The molecule has 2 heterocycles. The third-order valence-electron chi connectivity index (χ3n) is 3.33. The fourth-order valence-corrected chi connectivity index (χ4v) is 2.44. The topological polar surface area (TPSA) is 84.7 Å². The summed E-state index contributed by atoms with van der Waals surface area (Å²) >= 11 is 5.86. The molecule has 7 nitrogen and oxygen atoms in total. The fourth-order valence-electron chi connectivity index (χ4n) is 2.30. The van der Waals surface area contributed by atoms with Crippen molar-refractivity contribution in [2.75, 3.05) is 25.0 Å². The van der Waals surface area contributed by atoms with Crippen LogP contribution in [0.4, 0.5) is 5.82 Å². The van der Waals surface area contributed by atoms with Crippen LogP contribution in [0.2, 0.25) is 0 Å². The second-order valence-electron chi connectivity index (χ2n) is 5.34. The largest absolute Gasteiger partial charge is 0.376 e. The Kier molecular flexibility index (Phi) is 5.79. The van der Waals surface area contributed by atoms with E-state index in [0.29, 0.717) is 24.7 Å². The van der Waals surface area contributed by atoms with Crippen LogP contribution in [-0.2, 0) is 14.3 Å². The molecule has 0 spiro atoms. The molecular weight excluding hydrogens is 310 g/mol. The predicted octanol–water partition coefficient (Wildman–Crippen LogP) is 1.56. The summed E-state index contributed by atoms with van der Waals surface area (Å²) in [6.07, 6.45) is 1.81. The monoisotopic (exact) mass is 329 g/mol. The van der Waals surface area contributed by atoms with Crippen molar-refractivity contribution in [3.05, 3.63) is 11.8 Å². The number of carbonyl (C=O) groups is 2. The first-order chi connectivity index (χ1) is 10.5. The van der Waals surface area contributed by atoms with Gasteiger partial charge in [0.2, 0.25) is 11.8 Å². The Morgan fingerprint density at radius 1 is 1.59 bits per heavy atom. The van der Waals surface area contributed by atoms with Crippen LogP contribution in [0.15, 0.2) is 10.6 Å². The highest BCUT2D eigenvalue weighted by Gasteiger charge is 2.26. The Balaban J connectivity index is 1.95. The summed E-state index contributed by atoms with van der Waals surface area (Å²) in [7, 11) is 0. The van der Waals surface area contributed by atoms with E-state index < -0.39 is 5.38 Å². The van der Waals surface area contributed by atoms with Crippen LogP contribution < -0.4 is 5.32 Å². The zero-order valence-electron chi connectivity index (χ0n) is 12.7. The Labute approximate surface area is 133 Å². The lowest BCUT2D eigenvalue weighted by Gasteiger charge is -2.25. The minimum Gasteiger partial charge on any atom is -0.376 e. The number of ether oxygens (including phenoxy) is 1. The number of halogens is 1. The van der Waals surface area contributed by atoms with Crippen molar-refractivity contribution < 1.29 is 18.8 Å². The maximum absolute atomic E-state index is 12.1. The van der Waals surface area contributed by atoms with E-state index in [4.69, 9.17) is 20.9 Å². The minimum atomic E-state index is -0.691. The summed E-state index contributed by atoms with van der Waals surface area (Å²) in [6.45, 7) is 4.27. The summed E-state index contributed by atoms with van der Waals surface area (Å²) in [5.41, 5.74) is 0. The molecule has 122 valence electrons. The first kappa shape index (κ1) is 16.8. The Morgan fingerprint density at radius 3 is 2.91 bits per heavy atom. The van der Waals surface area contributed by atoms with Gasteiger partial charge < -0.3 is 19.5 Å². The van der Waals surface area contributed by atoms with Gasteiger partial charge in [0.05, 0.1) is 6.10 Å². The van der Waals surface area contributed by atoms with Gasteiger partial charge in [-0.25, -0.2) is 0 Å². The number of hydrogen-bond donors (Lipinski definition) is 1. The summed E-state index contributed by atoms with van der Waals surface area (Å²) in [4.78, 5) is 25.6. The van der Waals surface area contributed by atoms with Crippen LogP contribution in [0.1, 0.15) is 25.5 Å². The van der Waals surface area contributed by atoms with E-state index in [1.807, 2.05) is 0 Å². The van der Waals surface area contributed by atoms with E-state index in [1.54, 1.807) is 19.9 Å². The van der Waals surface area contributed by atoms with Gasteiger partial charge >= 0.3 is 0 Å². The van der Waals surface area contributed by atoms with Gasteiger partial charge in [-0.15, -0.1) is 11.6 Å². The van der Waals surface area contributed by atoms with Gasteiger partial charge in [-0.05, 0) is 26.7 Å². The number of amides is 2. The Hall–Kier alpha value is -1.60. The first-order valence-corrected chi connectivity index (χ1v) is 7.67. The molecule has 2 amide bonds. The SMILES string of the molecule is Cc1cc(NC(=O)CN(CC2CCCO2)C(=O)C(C)Cl)no1. The maximum Gasteiger partial charge on any atom is 0.245 e. The number of nitrogens with zero attached hydrogens (tertiary/aromatic N) is 2. The lowest BCUT2D eigenvalue weighted by Crippen LogP contribution is -2.44. The molecule has 1 aromatic rings. The smallest absolute Gasteiger partial charge is 0.245 e. The highest BCUT2D eigenvalue weighted by molar-refractivity contribution is 6.30. The average Bonchev–Trinajstić information content (AvgIpc) is 3.09. The molecule has 0 bridgehead atoms. The van der Waals surface area contributed by atoms with Crippen molar-refractivity contribution in [1.82, 2.24) is 10.1 Å². The summed E-state index contributed by atoms with van der Waals surface area (Å²) in [6, 6.07) is 1.61. The Morgan fingerprint density at radius 2 is 2.36 bits per heavy atom. The molecule has 22 heavy (non-hydrogen) atoms. The van der Waals surface area contributed by atoms with E-state index in [9.17, 15) is 9.59 Å². The fraction of sp³-hybridized carbons (Fsp3) is 0.643. The second-order valence-corrected chi connectivity index (χ2v) is 6.00. The van der Waals surface area contributed by atoms with Crippen molar-refractivity contribution in [3.8, 4) is 0 Å². The molecule has 1 saturated heterocycles. The number of aryl methyl sites for hydroxylation is 1. The zero-order chi connectivity index (χ0) is 16.1. The first-order valence-electron chi connectivity index (χ1n) is 7.23. The highest BCUT2D eigenvalue weighted by Crippen LogP contribution is 2.15. The van der Waals surface area contributed by atoms with Crippen LogP contribution in [0.5, 0.6) is 0 Å². The van der Waals surface area contributed by atoms with Crippen LogP contribution in [-0.4, -0.2) is 53.0 Å². The van der Waals surface area contributed by atoms with E-state index in [1.165, 1.54) is 4.90 Å². The molecule has 0 aliphatic carbocycles. The van der Waals surface area contributed by atoms with Gasteiger partial charge in [0, 0.05) is 19.2 Å². The molecule has 1 aliphatic rings. The van der Waals surface area contributed by atoms with Gasteiger partial charge in [-0.2, -0.15) is 0 Å². The van der Waals surface area contributed by atoms with Crippen LogP contribution in [0.3, 0.4) is 0 Å². The average molecular weight is 330 g/mol. The van der Waals surface area contributed by atoms with E-state index in [-0.39, 0.29) is 24.5 Å². The van der Waals surface area contributed by atoms with E-state index >= 15 is 0 Å². The standard InChI is InChI=1S/C14H20ClN3O4/c1-9-6-12(17-22-9)16-13(19)8-18(14(20)10(2)15)7-11-4-3-5-21-11/h6,10-11H,3-5,7-8H2,1-2H3,(H,16,17,19). The van der Waals surface area contributed by atoms with Crippen LogP contribution in [0.25, 0.3) is 0 Å². The molecule has 0 saturated carbocycles. The lowest BCUT2D eigenvalue weighted by molar-refractivity contribution is -0.135. The molecule has 8 heteroatoms. The predicted molar refractivity (Wildman–Crippen MR) is 80.7 cm³/mol. The molecule has 2 unspecified atom stereocenters. The highest BCUT2D eigenvalue weighted by atomic mass is 35.5. The molecule has 1 aliphatic heterocycles. The van der Waals surface area contributed by atoms with Gasteiger partial charge in [-0.3, -0.25) is 9.59 Å².